The summed E-state index contributed by atoms with van der Waals surface area (Å²) in [6.45, 7) is 2.80. The van der Waals surface area contributed by atoms with Gasteiger partial charge < -0.3 is 10.7 Å². The normalized spacial score (nSPS) is 11.3. The number of rotatable bonds is 5. The second kappa shape index (κ2) is 6.96. The smallest absolute Gasteiger partial charge is 0.0497 e. The lowest BCUT2D eigenvalue weighted by atomic mass is 9.99. The summed E-state index contributed by atoms with van der Waals surface area (Å²) in [5.41, 5.74) is 11.5. The highest BCUT2D eigenvalue weighted by molar-refractivity contribution is 6.31. The van der Waals surface area contributed by atoms with Crippen LogP contribution < -0.4 is 5.73 Å². The van der Waals surface area contributed by atoms with Gasteiger partial charge in [-0.25, -0.2) is 0 Å². The average molecular weight is 347 g/mol. The molecule has 3 aromatic rings. The number of aromatic nitrogens is 1. The monoisotopic (exact) mass is 346 g/mol. The summed E-state index contributed by atoms with van der Waals surface area (Å²) >= 11 is 12.5. The first kappa shape index (κ1) is 16.4. The van der Waals surface area contributed by atoms with E-state index in [1.807, 2.05) is 30.3 Å². The molecule has 0 fully saturated rings. The number of aromatic amines is 1. The molecule has 0 spiro atoms. The van der Waals surface area contributed by atoms with Crippen molar-refractivity contribution in [1.29, 1.82) is 0 Å². The number of hydrogen-bond donors (Lipinski definition) is 2. The van der Waals surface area contributed by atoms with Crippen molar-refractivity contribution in [2.24, 2.45) is 5.73 Å². The Morgan fingerprint density at radius 1 is 1.04 bits per heavy atom. The van der Waals surface area contributed by atoms with Crippen LogP contribution in [-0.2, 0) is 6.42 Å². The van der Waals surface area contributed by atoms with E-state index in [9.17, 15) is 0 Å². The number of hydrogen-bond acceptors (Lipinski definition) is 1. The van der Waals surface area contributed by atoms with Crippen LogP contribution in [0.2, 0.25) is 10.0 Å². The van der Waals surface area contributed by atoms with Gasteiger partial charge in [0, 0.05) is 26.6 Å². The minimum Gasteiger partial charge on any atom is -0.354 e. The van der Waals surface area contributed by atoms with Gasteiger partial charge in [0.2, 0.25) is 0 Å². The molecule has 0 amide bonds. The first-order chi connectivity index (χ1) is 11.1. The van der Waals surface area contributed by atoms with Gasteiger partial charge in [-0.3, -0.25) is 0 Å². The number of nitrogens with two attached hydrogens (primary N) is 1. The van der Waals surface area contributed by atoms with Crippen LogP contribution in [0.5, 0.6) is 0 Å². The molecule has 2 nitrogen and oxygen atoms in total. The van der Waals surface area contributed by atoms with Gasteiger partial charge in [0.05, 0.1) is 0 Å². The van der Waals surface area contributed by atoms with E-state index in [2.05, 4.69) is 18.0 Å². The van der Waals surface area contributed by atoms with E-state index in [1.165, 1.54) is 10.9 Å². The van der Waals surface area contributed by atoms with Crippen molar-refractivity contribution in [3.05, 3.63) is 57.6 Å². The van der Waals surface area contributed by atoms with Crippen LogP contribution in [0.4, 0.5) is 0 Å². The molecule has 2 aromatic carbocycles. The Kier molecular flexibility index (Phi) is 4.96. The summed E-state index contributed by atoms with van der Waals surface area (Å²) in [6.07, 6.45) is 3.04. The number of nitrogens with one attached hydrogen (secondary N) is 1. The number of H-pyrrole nitrogens is 1. The van der Waals surface area contributed by atoms with Gasteiger partial charge in [-0.2, -0.15) is 0 Å². The molecule has 4 heteroatoms. The SMILES string of the molecule is Cc1cc(Cl)cc2c(CCCCN)c(-c3cccc(Cl)c3)[nH]c12. The molecular weight excluding hydrogens is 327 g/mol. The number of unbranched alkanes of at least 4 members (excludes halogenated alkanes) is 1. The third-order valence-corrected chi connectivity index (χ3v) is 4.62. The van der Waals surface area contributed by atoms with E-state index in [0.29, 0.717) is 6.54 Å². The fraction of sp³-hybridized carbons (Fsp3) is 0.263. The van der Waals surface area contributed by atoms with E-state index in [4.69, 9.17) is 28.9 Å². The minimum atomic E-state index is 0.717. The molecule has 0 radical (unpaired) electrons. The Morgan fingerprint density at radius 2 is 1.87 bits per heavy atom. The van der Waals surface area contributed by atoms with Crippen molar-refractivity contribution < 1.29 is 0 Å². The summed E-state index contributed by atoms with van der Waals surface area (Å²) in [5, 5.41) is 2.71. The quantitative estimate of drug-likeness (QED) is 0.569. The summed E-state index contributed by atoms with van der Waals surface area (Å²) in [5.74, 6) is 0. The molecule has 0 aliphatic carbocycles. The molecule has 0 aliphatic heterocycles. The van der Waals surface area contributed by atoms with Crippen LogP contribution in [0.3, 0.4) is 0 Å². The average Bonchev–Trinajstić information content (AvgIpc) is 2.87. The largest absolute Gasteiger partial charge is 0.354 e. The van der Waals surface area contributed by atoms with E-state index in [1.54, 1.807) is 0 Å². The molecule has 0 aliphatic rings. The highest BCUT2D eigenvalue weighted by Gasteiger charge is 2.15. The Labute approximate surface area is 146 Å². The number of fused-ring (bicyclic) bond motifs is 1. The van der Waals surface area contributed by atoms with Gasteiger partial charge >= 0.3 is 0 Å². The van der Waals surface area contributed by atoms with E-state index < -0.39 is 0 Å². The zero-order chi connectivity index (χ0) is 16.4. The molecule has 0 bridgehead atoms. The first-order valence-electron chi connectivity index (χ1n) is 7.87. The fourth-order valence-electron chi connectivity index (χ4n) is 3.08. The summed E-state index contributed by atoms with van der Waals surface area (Å²) < 4.78 is 0. The molecule has 1 heterocycles. The molecule has 0 saturated heterocycles. The van der Waals surface area contributed by atoms with Crippen LogP contribution in [0, 0.1) is 6.92 Å². The molecular formula is C19H20Cl2N2. The van der Waals surface area contributed by atoms with Crippen LogP contribution in [0.15, 0.2) is 36.4 Å². The second-order valence-electron chi connectivity index (χ2n) is 5.88. The summed E-state index contributed by atoms with van der Waals surface area (Å²) in [4.78, 5) is 3.58. The van der Waals surface area contributed by atoms with Gasteiger partial charge in [-0.15, -0.1) is 0 Å². The molecule has 0 atom stereocenters. The van der Waals surface area contributed by atoms with Crippen molar-refractivity contribution in [2.45, 2.75) is 26.2 Å². The van der Waals surface area contributed by atoms with Gasteiger partial charge in [-0.05, 0) is 73.7 Å². The zero-order valence-corrected chi connectivity index (χ0v) is 14.6. The Bertz CT molecular complexity index is 837. The maximum atomic E-state index is 6.28. The number of aryl methyl sites for hydroxylation is 2. The highest BCUT2D eigenvalue weighted by atomic mass is 35.5. The lowest BCUT2D eigenvalue weighted by Gasteiger charge is -2.06. The lowest BCUT2D eigenvalue weighted by molar-refractivity contribution is 0.748. The Hall–Kier alpha value is -1.48. The standard InChI is InChI=1S/C19H20Cl2N2/c1-12-9-15(21)11-17-16(7-2-3-8-22)19(23-18(12)17)13-5-4-6-14(20)10-13/h4-6,9-11,23H,2-3,7-8,22H2,1H3. The lowest BCUT2D eigenvalue weighted by Crippen LogP contribution is -1.99. The molecule has 23 heavy (non-hydrogen) atoms. The zero-order valence-electron chi connectivity index (χ0n) is 13.1. The van der Waals surface area contributed by atoms with Crippen LogP contribution in [0.25, 0.3) is 22.2 Å². The van der Waals surface area contributed by atoms with Gasteiger partial charge in [0.1, 0.15) is 0 Å². The van der Waals surface area contributed by atoms with E-state index in [0.717, 1.165) is 51.6 Å². The third-order valence-electron chi connectivity index (χ3n) is 4.17. The van der Waals surface area contributed by atoms with Crippen molar-refractivity contribution in [3.8, 4) is 11.3 Å². The van der Waals surface area contributed by atoms with Crippen LogP contribution in [0.1, 0.15) is 24.0 Å². The van der Waals surface area contributed by atoms with Crippen LogP contribution >= 0.6 is 23.2 Å². The van der Waals surface area contributed by atoms with Crippen molar-refractivity contribution in [2.75, 3.05) is 6.54 Å². The van der Waals surface area contributed by atoms with Gasteiger partial charge in [-0.1, -0.05) is 35.3 Å². The van der Waals surface area contributed by atoms with E-state index in [-0.39, 0.29) is 0 Å². The predicted molar refractivity (Wildman–Crippen MR) is 100 cm³/mol. The Balaban J connectivity index is 2.19. The summed E-state index contributed by atoms with van der Waals surface area (Å²) in [7, 11) is 0. The third kappa shape index (κ3) is 3.40. The maximum absolute atomic E-state index is 6.28. The minimum absolute atomic E-state index is 0.717. The molecule has 120 valence electrons. The molecule has 0 saturated carbocycles. The van der Waals surface area contributed by atoms with Crippen LogP contribution in [-0.4, -0.2) is 11.5 Å². The first-order valence-corrected chi connectivity index (χ1v) is 8.62. The van der Waals surface area contributed by atoms with E-state index >= 15 is 0 Å². The topological polar surface area (TPSA) is 41.8 Å². The summed E-state index contributed by atoms with van der Waals surface area (Å²) in [6, 6.07) is 12.0. The molecule has 1 aromatic heterocycles. The number of halogens is 2. The van der Waals surface area contributed by atoms with Gasteiger partial charge in [0.15, 0.2) is 0 Å². The molecule has 0 unspecified atom stereocenters. The molecule has 3 N–H and O–H groups in total. The predicted octanol–water partition coefficient (Wildman–Crippen LogP) is 5.73. The van der Waals surface area contributed by atoms with Crippen molar-refractivity contribution in [3.63, 3.8) is 0 Å². The fourth-order valence-corrected chi connectivity index (χ4v) is 3.54. The number of benzene rings is 2. The maximum Gasteiger partial charge on any atom is 0.0497 e. The molecule has 3 rings (SSSR count). The highest BCUT2D eigenvalue weighted by Crippen LogP contribution is 2.35. The van der Waals surface area contributed by atoms with Crippen molar-refractivity contribution >= 4 is 34.1 Å². The Morgan fingerprint density at radius 3 is 2.61 bits per heavy atom. The van der Waals surface area contributed by atoms with Crippen molar-refractivity contribution in [1.82, 2.24) is 4.98 Å². The van der Waals surface area contributed by atoms with Gasteiger partial charge in [0.25, 0.3) is 0 Å². The second-order valence-corrected chi connectivity index (χ2v) is 6.75.